The van der Waals surface area contributed by atoms with Crippen LogP contribution in [0.5, 0.6) is 0 Å². The molecule has 2 fully saturated rings. The average molecular weight is 755 g/mol. The van der Waals surface area contributed by atoms with E-state index in [1.807, 2.05) is 96.5 Å². The van der Waals surface area contributed by atoms with Gasteiger partial charge in [0.15, 0.2) is 0 Å². The first-order valence-corrected chi connectivity index (χ1v) is 17.4. The first kappa shape index (κ1) is 41.5. The van der Waals surface area contributed by atoms with E-state index in [4.69, 9.17) is 9.47 Å². The molecule has 8 rings (SSSR count). The number of nitrogens with zero attached hydrogens (tertiary/aromatic N) is 2. The molecule has 4 aliphatic rings. The summed E-state index contributed by atoms with van der Waals surface area (Å²) in [5.41, 5.74) is 4.60. The van der Waals surface area contributed by atoms with Gasteiger partial charge in [-0.15, -0.1) is 49.2 Å². The van der Waals surface area contributed by atoms with Gasteiger partial charge in [0.1, 0.15) is 0 Å². The molecule has 4 aromatic carbocycles. The number of rotatable bonds is 8. The van der Waals surface area contributed by atoms with Crippen LogP contribution < -0.4 is 9.80 Å². The Morgan fingerprint density at radius 1 is 0.585 bits per heavy atom. The average Bonchev–Trinajstić information content (AvgIpc) is 3.87. The normalized spacial score (nSPS) is 17.1. The van der Waals surface area contributed by atoms with Crippen LogP contribution >= 0.6 is 0 Å². The van der Waals surface area contributed by atoms with Crippen molar-refractivity contribution in [1.29, 1.82) is 0 Å². The van der Waals surface area contributed by atoms with Gasteiger partial charge in [0.05, 0.1) is 12.2 Å². The zero-order valence-corrected chi connectivity index (χ0v) is 31.5. The van der Waals surface area contributed by atoms with E-state index in [1.165, 1.54) is 24.3 Å². The van der Waals surface area contributed by atoms with Crippen molar-refractivity contribution < 1.29 is 48.8 Å². The molecule has 0 bridgehead atoms. The van der Waals surface area contributed by atoms with Crippen LogP contribution in [0.25, 0.3) is 0 Å². The fourth-order valence-electron chi connectivity index (χ4n) is 5.37. The number of aryl methyl sites for hydroxylation is 2. The van der Waals surface area contributed by atoms with E-state index in [2.05, 4.69) is 36.4 Å². The summed E-state index contributed by atoms with van der Waals surface area (Å²) in [5.74, 6) is -2.76. The SMILES string of the molecule is Cc1ccc(N(CC2CCO2)c2ccc(F)[c-]c2F)cc1.Cc1ccc(N(CC2CCO2)c2ccc(F)[c-]c2F)cc1.[C-]1=CC=CC1.[C-]1=CC=CC1.[Ti+4]. The van der Waals surface area contributed by atoms with E-state index in [0.717, 1.165) is 61.4 Å². The minimum atomic E-state index is -0.694. The van der Waals surface area contributed by atoms with E-state index in [9.17, 15) is 17.6 Å². The van der Waals surface area contributed by atoms with Crippen molar-refractivity contribution in [3.63, 3.8) is 0 Å². The minimum absolute atomic E-state index is 0. The second kappa shape index (κ2) is 21.5. The third kappa shape index (κ3) is 13.0. The molecule has 2 aliphatic carbocycles. The molecular formula is C44H42F4N2O2Ti. The number of halogens is 4. The molecule has 2 unspecified atom stereocenters. The molecule has 0 spiro atoms. The molecule has 2 heterocycles. The van der Waals surface area contributed by atoms with E-state index in [0.29, 0.717) is 24.5 Å². The molecule has 4 nitrogen and oxygen atoms in total. The van der Waals surface area contributed by atoms with E-state index in [1.54, 1.807) is 0 Å². The molecule has 0 aromatic heterocycles. The van der Waals surface area contributed by atoms with E-state index in [-0.39, 0.29) is 33.9 Å². The standard InChI is InChI=1S/2C17H16F2NO.2C5H5.Ti/c2*1-12-2-5-14(6-3-12)20(11-15-8-9-21-15)17-7-4-13(18)10-16(17)19;2*1-2-4-5-3-1;/h2*2-7,15H,8-9,11H2,1H3;2*1-3H,4H2;/q4*-1;+4. The first-order chi connectivity index (χ1) is 25.3. The molecule has 9 heteroatoms. The zero-order chi connectivity index (χ0) is 36.7. The zero-order valence-electron chi connectivity index (χ0n) is 29.9. The summed E-state index contributed by atoms with van der Waals surface area (Å²) in [4.78, 5) is 3.63. The molecule has 0 N–H and O–H groups in total. The number of allylic oxidation sites excluding steroid dienone is 8. The number of anilines is 4. The summed E-state index contributed by atoms with van der Waals surface area (Å²) in [6.07, 6.45) is 22.1. The molecule has 0 amide bonds. The topological polar surface area (TPSA) is 24.9 Å². The van der Waals surface area contributed by atoms with Crippen LogP contribution in [-0.2, 0) is 31.2 Å². The number of benzene rings is 4. The summed E-state index contributed by atoms with van der Waals surface area (Å²) in [5, 5.41) is 0. The fraction of sp³-hybridized carbons (Fsp3) is 0.273. The summed E-state index contributed by atoms with van der Waals surface area (Å²) in [6.45, 7) is 6.55. The summed E-state index contributed by atoms with van der Waals surface area (Å²) < 4.78 is 65.1. The van der Waals surface area contributed by atoms with Gasteiger partial charge in [-0.05, 0) is 62.3 Å². The van der Waals surface area contributed by atoms with Crippen molar-refractivity contribution in [2.75, 3.05) is 36.1 Å². The van der Waals surface area contributed by atoms with Gasteiger partial charge >= 0.3 is 21.7 Å². The van der Waals surface area contributed by atoms with Crippen LogP contribution in [0.4, 0.5) is 40.3 Å². The molecule has 0 radical (unpaired) electrons. The Balaban J connectivity index is 0.000000184. The summed E-state index contributed by atoms with van der Waals surface area (Å²) in [7, 11) is 0. The van der Waals surface area contributed by atoms with E-state index < -0.39 is 23.3 Å². The van der Waals surface area contributed by atoms with Crippen LogP contribution in [0.3, 0.4) is 0 Å². The molecule has 4 aromatic rings. The Morgan fingerprint density at radius 2 is 0.962 bits per heavy atom. The molecule has 2 atom stereocenters. The van der Waals surface area contributed by atoms with Gasteiger partial charge in [-0.2, -0.15) is 12.2 Å². The Kier molecular flexibility index (Phi) is 16.8. The van der Waals surface area contributed by atoms with Crippen molar-refractivity contribution in [1.82, 2.24) is 0 Å². The Morgan fingerprint density at radius 3 is 1.21 bits per heavy atom. The van der Waals surface area contributed by atoms with Crippen molar-refractivity contribution in [3.8, 4) is 0 Å². The van der Waals surface area contributed by atoms with Gasteiger partial charge < -0.3 is 19.3 Å². The van der Waals surface area contributed by atoms with Crippen molar-refractivity contribution in [2.45, 2.75) is 51.7 Å². The fourth-order valence-corrected chi connectivity index (χ4v) is 5.37. The summed E-state index contributed by atoms with van der Waals surface area (Å²) in [6, 6.07) is 25.1. The maximum atomic E-state index is 14.1. The number of ether oxygens (including phenoxy) is 2. The van der Waals surface area contributed by atoms with Crippen LogP contribution in [0.2, 0.25) is 0 Å². The van der Waals surface area contributed by atoms with Crippen LogP contribution in [-0.4, -0.2) is 38.5 Å². The van der Waals surface area contributed by atoms with Gasteiger partial charge in [0.2, 0.25) is 0 Å². The Labute approximate surface area is 326 Å². The molecule has 272 valence electrons. The molecule has 2 saturated heterocycles. The van der Waals surface area contributed by atoms with Gasteiger partial charge in [-0.3, -0.25) is 12.2 Å². The number of hydrogen-bond donors (Lipinski definition) is 0. The van der Waals surface area contributed by atoms with Gasteiger partial charge in [-0.1, -0.05) is 35.4 Å². The van der Waals surface area contributed by atoms with Crippen molar-refractivity contribution in [3.05, 3.63) is 168 Å². The Bertz CT molecular complexity index is 1680. The second-order valence-corrected chi connectivity index (χ2v) is 12.5. The third-order valence-corrected chi connectivity index (χ3v) is 8.49. The van der Waals surface area contributed by atoms with Gasteiger partial charge in [-0.25, -0.2) is 41.9 Å². The van der Waals surface area contributed by atoms with Crippen LogP contribution in [0.15, 0.2) is 109 Å². The quantitative estimate of drug-likeness (QED) is 0.102. The predicted molar refractivity (Wildman–Crippen MR) is 199 cm³/mol. The van der Waals surface area contributed by atoms with Gasteiger partial charge in [0, 0.05) is 60.9 Å². The molecule has 53 heavy (non-hydrogen) atoms. The minimum Gasteiger partial charge on any atom is -0.390 e. The predicted octanol–water partition coefficient (Wildman–Crippen LogP) is 10.6. The molecular weight excluding hydrogens is 712 g/mol. The first-order valence-electron chi connectivity index (χ1n) is 17.4. The van der Waals surface area contributed by atoms with Gasteiger partial charge in [0.25, 0.3) is 0 Å². The molecule has 0 saturated carbocycles. The van der Waals surface area contributed by atoms with Crippen LogP contribution in [0.1, 0.15) is 36.8 Å². The summed E-state index contributed by atoms with van der Waals surface area (Å²) >= 11 is 0. The number of hydrogen-bond acceptors (Lipinski definition) is 4. The second-order valence-electron chi connectivity index (χ2n) is 12.5. The third-order valence-electron chi connectivity index (χ3n) is 8.49. The van der Waals surface area contributed by atoms with E-state index >= 15 is 0 Å². The Hall–Kier alpha value is -4.21. The van der Waals surface area contributed by atoms with Crippen LogP contribution in [0, 0.1) is 61.4 Å². The smallest absolute Gasteiger partial charge is 0.390 e. The maximum Gasteiger partial charge on any atom is 4.00 e. The largest absolute Gasteiger partial charge is 4.00 e. The monoisotopic (exact) mass is 754 g/mol. The van der Waals surface area contributed by atoms with Crippen molar-refractivity contribution in [2.24, 2.45) is 0 Å². The van der Waals surface area contributed by atoms with Crippen molar-refractivity contribution >= 4 is 22.7 Å². The maximum absolute atomic E-state index is 14.1. The molecule has 2 aliphatic heterocycles.